The van der Waals surface area contributed by atoms with Crippen LogP contribution in [0.2, 0.25) is 10.3 Å². The van der Waals surface area contributed by atoms with Crippen molar-refractivity contribution in [1.82, 2.24) is 9.55 Å². The first-order chi connectivity index (χ1) is 7.91. The highest BCUT2D eigenvalue weighted by molar-refractivity contribution is 6.33. The molecule has 17 heavy (non-hydrogen) atoms. The van der Waals surface area contributed by atoms with Gasteiger partial charge in [0, 0.05) is 12.1 Å². The van der Waals surface area contributed by atoms with Gasteiger partial charge in [0.25, 0.3) is 5.69 Å². The average molecular weight is 274 g/mol. The van der Waals surface area contributed by atoms with E-state index in [1.807, 2.05) is 13.8 Å². The van der Waals surface area contributed by atoms with Crippen LogP contribution in [0.1, 0.15) is 19.9 Å². The Morgan fingerprint density at radius 3 is 2.59 bits per heavy atom. The van der Waals surface area contributed by atoms with Gasteiger partial charge in [0.05, 0.1) is 16.0 Å². The third kappa shape index (κ3) is 1.96. The Morgan fingerprint density at radius 2 is 2.06 bits per heavy atom. The van der Waals surface area contributed by atoms with E-state index < -0.39 is 4.92 Å². The van der Waals surface area contributed by atoms with E-state index in [0.29, 0.717) is 16.3 Å². The van der Waals surface area contributed by atoms with Crippen molar-refractivity contribution in [3.8, 4) is 0 Å². The first-order valence-electron chi connectivity index (χ1n) is 4.93. The molecule has 0 bridgehead atoms. The summed E-state index contributed by atoms with van der Waals surface area (Å²) in [5.74, 6) is 0. The summed E-state index contributed by atoms with van der Waals surface area (Å²) in [6, 6.07) is 2.92. The summed E-state index contributed by atoms with van der Waals surface area (Å²) in [5, 5.41) is 11.2. The van der Waals surface area contributed by atoms with Gasteiger partial charge in [-0.1, -0.05) is 11.6 Å². The normalized spacial score (nSPS) is 11.4. The average Bonchev–Trinajstić information content (AvgIpc) is 2.51. The largest absolute Gasteiger partial charge is 0.312 e. The van der Waals surface area contributed by atoms with E-state index in [2.05, 4.69) is 4.98 Å². The van der Waals surface area contributed by atoms with Crippen molar-refractivity contribution < 1.29 is 4.92 Å². The minimum Gasteiger partial charge on any atom is -0.312 e. The summed E-state index contributed by atoms with van der Waals surface area (Å²) >= 11 is 11.8. The summed E-state index contributed by atoms with van der Waals surface area (Å²) in [6.45, 7) is 3.85. The van der Waals surface area contributed by atoms with Crippen molar-refractivity contribution in [2.24, 2.45) is 0 Å². The highest BCUT2D eigenvalue weighted by atomic mass is 35.5. The van der Waals surface area contributed by atoms with Crippen molar-refractivity contribution in [3.63, 3.8) is 0 Å². The maximum absolute atomic E-state index is 10.8. The number of hydrogen-bond donors (Lipinski definition) is 0. The SMILES string of the molecule is CC(C)n1c(Cl)nc2cc(Cl)c([N+](=O)[O-])cc21. The molecule has 0 spiro atoms. The maximum atomic E-state index is 10.8. The van der Waals surface area contributed by atoms with E-state index in [1.54, 1.807) is 4.57 Å². The number of benzene rings is 1. The number of aromatic nitrogens is 2. The van der Waals surface area contributed by atoms with Crippen LogP contribution in [0, 0.1) is 10.1 Å². The zero-order valence-corrected chi connectivity index (χ0v) is 10.7. The lowest BCUT2D eigenvalue weighted by Crippen LogP contribution is -2.00. The Balaban J connectivity index is 2.81. The van der Waals surface area contributed by atoms with Crippen LogP contribution < -0.4 is 0 Å². The molecule has 0 N–H and O–H groups in total. The van der Waals surface area contributed by atoms with Crippen molar-refractivity contribution >= 4 is 39.9 Å². The molecule has 0 radical (unpaired) electrons. The number of nitro benzene ring substituents is 1. The second-order valence-electron chi connectivity index (χ2n) is 3.89. The number of nitrogens with zero attached hydrogens (tertiary/aromatic N) is 3. The lowest BCUT2D eigenvalue weighted by Gasteiger charge is -2.09. The molecule has 2 rings (SSSR count). The molecule has 90 valence electrons. The third-order valence-electron chi connectivity index (χ3n) is 2.43. The van der Waals surface area contributed by atoms with Gasteiger partial charge >= 0.3 is 0 Å². The van der Waals surface area contributed by atoms with Crippen molar-refractivity contribution in [2.45, 2.75) is 19.9 Å². The molecule has 0 aliphatic heterocycles. The summed E-state index contributed by atoms with van der Waals surface area (Å²) in [5.41, 5.74) is 1.03. The van der Waals surface area contributed by atoms with Crippen molar-refractivity contribution in [2.75, 3.05) is 0 Å². The monoisotopic (exact) mass is 273 g/mol. The predicted octanol–water partition coefficient (Wildman–Crippen LogP) is 3.83. The number of halogens is 2. The second-order valence-corrected chi connectivity index (χ2v) is 4.64. The number of imidazole rings is 1. The van der Waals surface area contributed by atoms with Crippen molar-refractivity contribution in [1.29, 1.82) is 0 Å². The van der Waals surface area contributed by atoms with E-state index in [9.17, 15) is 10.1 Å². The molecular weight excluding hydrogens is 265 g/mol. The molecule has 1 aromatic heterocycles. The summed E-state index contributed by atoms with van der Waals surface area (Å²) < 4.78 is 1.72. The molecule has 0 fully saturated rings. The van der Waals surface area contributed by atoms with Gasteiger partial charge in [-0.05, 0) is 31.5 Å². The Labute approximate surface area is 107 Å². The number of rotatable bonds is 2. The Bertz CT molecular complexity index is 607. The smallest absolute Gasteiger partial charge is 0.290 e. The van der Waals surface area contributed by atoms with E-state index >= 15 is 0 Å². The molecule has 0 saturated carbocycles. The van der Waals surface area contributed by atoms with E-state index in [4.69, 9.17) is 23.2 Å². The Kier molecular flexibility index (Phi) is 2.97. The molecular formula is C10H9Cl2N3O2. The van der Waals surface area contributed by atoms with Gasteiger partial charge in [-0.25, -0.2) is 4.98 Å². The van der Waals surface area contributed by atoms with Gasteiger partial charge in [-0.2, -0.15) is 0 Å². The van der Waals surface area contributed by atoms with Crippen LogP contribution in [0.25, 0.3) is 11.0 Å². The second kappa shape index (κ2) is 4.16. The number of nitro groups is 1. The minimum atomic E-state index is -0.520. The van der Waals surface area contributed by atoms with Gasteiger partial charge in [0.15, 0.2) is 0 Å². The molecule has 1 aromatic carbocycles. The van der Waals surface area contributed by atoms with Crippen LogP contribution >= 0.6 is 23.2 Å². The topological polar surface area (TPSA) is 61.0 Å². The summed E-state index contributed by atoms with van der Waals surface area (Å²) in [4.78, 5) is 14.4. The fourth-order valence-electron chi connectivity index (χ4n) is 1.71. The molecule has 0 unspecified atom stereocenters. The fraction of sp³-hybridized carbons (Fsp3) is 0.300. The van der Waals surface area contributed by atoms with E-state index in [-0.39, 0.29) is 16.8 Å². The molecule has 2 aromatic rings. The summed E-state index contributed by atoms with van der Waals surface area (Å²) in [6.07, 6.45) is 0. The van der Waals surface area contributed by atoms with E-state index in [0.717, 1.165) is 0 Å². The van der Waals surface area contributed by atoms with E-state index in [1.165, 1.54) is 12.1 Å². The summed E-state index contributed by atoms with van der Waals surface area (Å²) in [7, 11) is 0. The van der Waals surface area contributed by atoms with Crippen LogP contribution in [0.4, 0.5) is 5.69 Å². The molecule has 5 nitrogen and oxygen atoms in total. The predicted molar refractivity (Wildman–Crippen MR) is 66.8 cm³/mol. The molecule has 0 aliphatic carbocycles. The molecule has 0 amide bonds. The van der Waals surface area contributed by atoms with Gasteiger partial charge in [-0.15, -0.1) is 0 Å². The highest BCUT2D eigenvalue weighted by Gasteiger charge is 2.19. The quantitative estimate of drug-likeness (QED) is 0.617. The zero-order chi connectivity index (χ0) is 12.7. The highest BCUT2D eigenvalue weighted by Crippen LogP contribution is 2.32. The molecule has 0 saturated heterocycles. The van der Waals surface area contributed by atoms with Crippen LogP contribution in [0.5, 0.6) is 0 Å². The van der Waals surface area contributed by atoms with Gasteiger partial charge in [0.2, 0.25) is 5.28 Å². The van der Waals surface area contributed by atoms with Gasteiger partial charge in [-0.3, -0.25) is 10.1 Å². The fourth-order valence-corrected chi connectivity index (χ4v) is 2.31. The first kappa shape index (κ1) is 12.1. The zero-order valence-electron chi connectivity index (χ0n) is 9.15. The van der Waals surface area contributed by atoms with Crippen molar-refractivity contribution in [3.05, 3.63) is 32.6 Å². The molecule has 0 atom stereocenters. The molecule has 0 aliphatic rings. The van der Waals surface area contributed by atoms with Gasteiger partial charge in [0.1, 0.15) is 5.02 Å². The maximum Gasteiger partial charge on any atom is 0.290 e. The van der Waals surface area contributed by atoms with Gasteiger partial charge < -0.3 is 4.57 Å². The van der Waals surface area contributed by atoms with Crippen LogP contribution in [0.3, 0.4) is 0 Å². The van der Waals surface area contributed by atoms with Crippen LogP contribution in [0.15, 0.2) is 12.1 Å². The number of fused-ring (bicyclic) bond motifs is 1. The number of hydrogen-bond acceptors (Lipinski definition) is 3. The lowest BCUT2D eigenvalue weighted by atomic mass is 10.2. The first-order valence-corrected chi connectivity index (χ1v) is 5.68. The Hall–Kier alpha value is -1.33. The minimum absolute atomic E-state index is 0.0626. The third-order valence-corrected chi connectivity index (χ3v) is 3.00. The van der Waals surface area contributed by atoms with Crippen LogP contribution in [-0.2, 0) is 0 Å². The standard InChI is InChI=1S/C10H9Cl2N3O2/c1-5(2)14-9-4-8(15(16)17)6(11)3-7(9)13-10(14)12/h3-5H,1-2H3. The Morgan fingerprint density at radius 1 is 1.41 bits per heavy atom. The molecule has 7 heteroatoms. The lowest BCUT2D eigenvalue weighted by molar-refractivity contribution is -0.384. The van der Waals surface area contributed by atoms with Crippen LogP contribution in [-0.4, -0.2) is 14.5 Å². The molecule has 1 heterocycles.